The zero-order valence-electron chi connectivity index (χ0n) is 14.6. The average Bonchev–Trinajstić information content (AvgIpc) is 2.86. The Hall–Kier alpha value is -1.89. The van der Waals surface area contributed by atoms with Gasteiger partial charge in [0.15, 0.2) is 0 Å². The summed E-state index contributed by atoms with van der Waals surface area (Å²) in [4.78, 5) is 25.2. The van der Waals surface area contributed by atoms with Crippen molar-refractivity contribution in [1.82, 2.24) is 5.32 Å². The number of carbonyl (C=O) groups excluding carboxylic acids is 2. The number of carbonyl (C=O) groups is 2. The summed E-state index contributed by atoms with van der Waals surface area (Å²) in [7, 11) is 1.33. The van der Waals surface area contributed by atoms with Crippen LogP contribution in [0.4, 0.5) is 5.00 Å². The number of esters is 1. The van der Waals surface area contributed by atoms with E-state index < -0.39 is 5.97 Å². The first kappa shape index (κ1) is 19.4. The lowest BCUT2D eigenvalue weighted by Crippen LogP contribution is -2.30. The molecule has 0 aliphatic heterocycles. The van der Waals surface area contributed by atoms with E-state index in [1.807, 2.05) is 39.0 Å². The second-order valence-corrected chi connectivity index (χ2v) is 7.35. The molecule has 134 valence electrons. The highest BCUT2D eigenvalue weighted by molar-refractivity contribution is 7.16. The summed E-state index contributed by atoms with van der Waals surface area (Å²) < 4.78 is 4.81. The van der Waals surface area contributed by atoms with Crippen LogP contribution in [-0.2, 0) is 9.53 Å². The number of halogens is 1. The number of amides is 1. The minimum absolute atomic E-state index is 0.0312. The third kappa shape index (κ3) is 4.81. The van der Waals surface area contributed by atoms with E-state index in [2.05, 4.69) is 10.6 Å². The molecule has 2 rings (SSSR count). The maximum absolute atomic E-state index is 12.3. The molecule has 0 aliphatic carbocycles. The van der Waals surface area contributed by atoms with Gasteiger partial charge in [-0.1, -0.05) is 23.7 Å². The number of anilines is 1. The van der Waals surface area contributed by atoms with E-state index in [1.165, 1.54) is 18.4 Å². The van der Waals surface area contributed by atoms with E-state index in [9.17, 15) is 9.59 Å². The second-order valence-electron chi connectivity index (χ2n) is 5.68. The summed E-state index contributed by atoms with van der Waals surface area (Å²) >= 11 is 7.36. The van der Waals surface area contributed by atoms with E-state index >= 15 is 0 Å². The normalized spacial score (nSPS) is 11.9. The summed E-state index contributed by atoms with van der Waals surface area (Å²) in [6.45, 7) is 5.82. The third-order valence-electron chi connectivity index (χ3n) is 3.95. The molecule has 0 fully saturated rings. The third-order valence-corrected chi connectivity index (χ3v) is 5.30. The van der Waals surface area contributed by atoms with Crippen LogP contribution >= 0.6 is 22.9 Å². The molecule has 0 saturated carbocycles. The number of hydrogen-bond acceptors (Lipinski definition) is 5. The number of nitrogens with one attached hydrogen (secondary N) is 2. The van der Waals surface area contributed by atoms with Crippen LogP contribution in [0.2, 0.25) is 5.02 Å². The number of aryl methyl sites for hydroxylation is 1. The van der Waals surface area contributed by atoms with Gasteiger partial charge >= 0.3 is 5.97 Å². The molecule has 7 heteroatoms. The van der Waals surface area contributed by atoms with E-state index in [4.69, 9.17) is 16.3 Å². The quantitative estimate of drug-likeness (QED) is 0.740. The molecule has 0 saturated heterocycles. The average molecular weight is 381 g/mol. The number of hydrogen-bond donors (Lipinski definition) is 2. The van der Waals surface area contributed by atoms with Crippen molar-refractivity contribution in [2.24, 2.45) is 0 Å². The lowest BCUT2D eigenvalue weighted by Gasteiger charge is -2.14. The Morgan fingerprint density at radius 2 is 2.04 bits per heavy atom. The van der Waals surface area contributed by atoms with Gasteiger partial charge in [-0.15, -0.1) is 11.3 Å². The van der Waals surface area contributed by atoms with Crippen molar-refractivity contribution in [2.45, 2.75) is 26.8 Å². The maximum Gasteiger partial charge on any atom is 0.341 e. The van der Waals surface area contributed by atoms with Gasteiger partial charge in [-0.05, 0) is 44.0 Å². The molecule has 0 bridgehead atoms. The molecule has 0 radical (unpaired) electrons. The molecule has 0 aliphatic rings. The molecule has 1 aromatic carbocycles. The molecule has 1 aromatic heterocycles. The van der Waals surface area contributed by atoms with Gasteiger partial charge in [0.25, 0.3) is 0 Å². The van der Waals surface area contributed by atoms with Crippen LogP contribution in [0.15, 0.2) is 24.3 Å². The highest BCUT2D eigenvalue weighted by atomic mass is 35.5. The van der Waals surface area contributed by atoms with Gasteiger partial charge in [-0.2, -0.15) is 0 Å². The van der Waals surface area contributed by atoms with E-state index in [1.54, 1.807) is 6.07 Å². The van der Waals surface area contributed by atoms with Gasteiger partial charge in [0.1, 0.15) is 5.00 Å². The topological polar surface area (TPSA) is 67.4 Å². The monoisotopic (exact) mass is 380 g/mol. The zero-order valence-corrected chi connectivity index (χ0v) is 16.2. The van der Waals surface area contributed by atoms with E-state index in [0.717, 1.165) is 16.0 Å². The van der Waals surface area contributed by atoms with Gasteiger partial charge in [-0.25, -0.2) is 4.79 Å². The highest BCUT2D eigenvalue weighted by Gasteiger charge is 2.21. The fourth-order valence-electron chi connectivity index (χ4n) is 2.37. The van der Waals surface area contributed by atoms with E-state index in [0.29, 0.717) is 15.6 Å². The van der Waals surface area contributed by atoms with Gasteiger partial charge < -0.3 is 15.4 Å². The first-order chi connectivity index (χ1) is 11.8. The van der Waals surface area contributed by atoms with Crippen molar-refractivity contribution in [3.05, 3.63) is 50.9 Å². The molecule has 25 heavy (non-hydrogen) atoms. The van der Waals surface area contributed by atoms with Crippen molar-refractivity contribution < 1.29 is 14.3 Å². The maximum atomic E-state index is 12.3. The van der Waals surface area contributed by atoms with E-state index in [-0.39, 0.29) is 18.5 Å². The Balaban J connectivity index is 2.01. The summed E-state index contributed by atoms with van der Waals surface area (Å²) in [5.74, 6) is -0.669. The first-order valence-electron chi connectivity index (χ1n) is 7.80. The van der Waals surface area contributed by atoms with Crippen molar-refractivity contribution in [1.29, 1.82) is 0 Å². The molecule has 5 nitrogen and oxygen atoms in total. The zero-order chi connectivity index (χ0) is 18.6. The minimum Gasteiger partial charge on any atom is -0.465 e. The second kappa shape index (κ2) is 8.47. The molecule has 1 amide bonds. The van der Waals surface area contributed by atoms with Crippen LogP contribution in [0.1, 0.15) is 39.3 Å². The molecule has 0 unspecified atom stereocenters. The predicted octanol–water partition coefficient (Wildman–Crippen LogP) is 4.09. The number of methoxy groups -OCH3 is 1. The Morgan fingerprint density at radius 1 is 1.32 bits per heavy atom. The van der Waals surface area contributed by atoms with Crippen LogP contribution < -0.4 is 10.6 Å². The Kier molecular flexibility index (Phi) is 6.58. The standard InChI is InChI=1S/C18H21ClN2O3S/c1-10-12(3)25-17(16(10)18(23)24-4)21-15(22)9-20-11(2)13-6-5-7-14(19)8-13/h5-8,11,20H,9H2,1-4H3,(H,21,22)/t11-/m0/s1. The SMILES string of the molecule is COC(=O)c1c(NC(=O)CN[C@@H](C)c2cccc(Cl)c2)sc(C)c1C. The van der Waals surface area contributed by atoms with Gasteiger partial charge in [0.05, 0.1) is 19.2 Å². The molecule has 0 spiro atoms. The molecule has 2 aromatic rings. The summed E-state index contributed by atoms with van der Waals surface area (Å²) in [5, 5.41) is 7.12. The van der Waals surface area contributed by atoms with Gasteiger partial charge in [0, 0.05) is 15.9 Å². The van der Waals surface area contributed by atoms with Crippen LogP contribution in [-0.4, -0.2) is 25.5 Å². The lowest BCUT2D eigenvalue weighted by molar-refractivity contribution is -0.115. The summed E-state index contributed by atoms with van der Waals surface area (Å²) in [6.07, 6.45) is 0. The molecular weight excluding hydrogens is 360 g/mol. The molecule has 2 N–H and O–H groups in total. The van der Waals surface area contributed by atoms with Crippen molar-refractivity contribution in [3.63, 3.8) is 0 Å². The fraction of sp³-hybridized carbons (Fsp3) is 0.333. The number of rotatable bonds is 6. The van der Waals surface area contributed by atoms with Gasteiger partial charge in [-0.3, -0.25) is 4.79 Å². The predicted molar refractivity (Wildman–Crippen MR) is 102 cm³/mol. The summed E-state index contributed by atoms with van der Waals surface area (Å²) in [5.41, 5.74) is 2.24. The van der Waals surface area contributed by atoms with Crippen molar-refractivity contribution >= 4 is 39.8 Å². The van der Waals surface area contributed by atoms with Crippen LogP contribution in [0, 0.1) is 13.8 Å². The molecular formula is C18H21ClN2O3S. The number of benzene rings is 1. The van der Waals surface area contributed by atoms with Crippen LogP contribution in [0.3, 0.4) is 0 Å². The lowest BCUT2D eigenvalue weighted by atomic mass is 10.1. The van der Waals surface area contributed by atoms with Gasteiger partial charge in [0.2, 0.25) is 5.91 Å². The Bertz CT molecular complexity index is 789. The smallest absolute Gasteiger partial charge is 0.341 e. The Morgan fingerprint density at radius 3 is 2.68 bits per heavy atom. The molecule has 1 atom stereocenters. The number of thiophene rings is 1. The van der Waals surface area contributed by atoms with Crippen LogP contribution in [0.25, 0.3) is 0 Å². The van der Waals surface area contributed by atoms with Crippen LogP contribution in [0.5, 0.6) is 0 Å². The first-order valence-corrected chi connectivity index (χ1v) is 9.00. The molecule has 1 heterocycles. The van der Waals surface area contributed by atoms with Crippen molar-refractivity contribution in [2.75, 3.05) is 19.0 Å². The fourth-order valence-corrected chi connectivity index (χ4v) is 3.64. The highest BCUT2D eigenvalue weighted by Crippen LogP contribution is 2.32. The number of ether oxygens (including phenoxy) is 1. The minimum atomic E-state index is -0.447. The van der Waals surface area contributed by atoms with Crippen molar-refractivity contribution in [3.8, 4) is 0 Å². The largest absolute Gasteiger partial charge is 0.465 e. The Labute approximate surface area is 156 Å². The summed E-state index contributed by atoms with van der Waals surface area (Å²) in [6, 6.07) is 7.45.